The molecular weight excluding hydrogens is 232 g/mol. The van der Waals surface area contributed by atoms with Crippen LogP contribution in [0.5, 0.6) is 0 Å². The standard InChI is InChI=1S/C14H23ClN2/c1-3-5-12(10-16-7-4-2)9-13-6-8-17-11-14(13)15/h6,8,11-12,16H,3-5,7,9-10H2,1-2H3. The topological polar surface area (TPSA) is 24.9 Å². The molecule has 17 heavy (non-hydrogen) atoms. The highest BCUT2D eigenvalue weighted by Crippen LogP contribution is 2.20. The highest BCUT2D eigenvalue weighted by Gasteiger charge is 2.10. The van der Waals surface area contributed by atoms with Crippen molar-refractivity contribution in [1.82, 2.24) is 10.3 Å². The van der Waals surface area contributed by atoms with Crippen LogP contribution in [-0.2, 0) is 6.42 Å². The lowest BCUT2D eigenvalue weighted by molar-refractivity contribution is 0.439. The third-order valence-corrected chi connectivity index (χ3v) is 3.26. The number of hydrogen-bond acceptors (Lipinski definition) is 2. The number of rotatable bonds is 8. The van der Waals surface area contributed by atoms with E-state index in [4.69, 9.17) is 11.6 Å². The zero-order valence-corrected chi connectivity index (χ0v) is 11.6. The summed E-state index contributed by atoms with van der Waals surface area (Å²) in [4.78, 5) is 4.03. The molecule has 1 aromatic heterocycles. The molecule has 0 saturated heterocycles. The van der Waals surface area contributed by atoms with Crippen LogP contribution in [0.1, 0.15) is 38.7 Å². The van der Waals surface area contributed by atoms with Crippen molar-refractivity contribution < 1.29 is 0 Å². The summed E-state index contributed by atoms with van der Waals surface area (Å²) in [5.74, 6) is 0.673. The molecule has 1 N–H and O–H groups in total. The van der Waals surface area contributed by atoms with Crippen LogP contribution in [-0.4, -0.2) is 18.1 Å². The van der Waals surface area contributed by atoms with Crippen molar-refractivity contribution in [2.45, 2.75) is 39.5 Å². The second-order valence-electron chi connectivity index (χ2n) is 4.53. The van der Waals surface area contributed by atoms with Gasteiger partial charge in [0.2, 0.25) is 0 Å². The summed E-state index contributed by atoms with van der Waals surface area (Å²) in [7, 11) is 0. The summed E-state index contributed by atoms with van der Waals surface area (Å²) < 4.78 is 0. The molecule has 0 aliphatic rings. The number of pyridine rings is 1. The molecule has 1 unspecified atom stereocenters. The van der Waals surface area contributed by atoms with Crippen molar-refractivity contribution in [2.75, 3.05) is 13.1 Å². The smallest absolute Gasteiger partial charge is 0.0621 e. The second-order valence-corrected chi connectivity index (χ2v) is 4.94. The Morgan fingerprint density at radius 3 is 2.82 bits per heavy atom. The molecule has 0 aliphatic heterocycles. The van der Waals surface area contributed by atoms with Gasteiger partial charge in [0.25, 0.3) is 0 Å². The maximum atomic E-state index is 6.15. The van der Waals surface area contributed by atoms with Crippen LogP contribution in [0, 0.1) is 5.92 Å². The van der Waals surface area contributed by atoms with Gasteiger partial charge in [-0.2, -0.15) is 0 Å². The Morgan fingerprint density at radius 1 is 1.35 bits per heavy atom. The number of halogens is 1. The molecule has 0 aliphatic carbocycles. The van der Waals surface area contributed by atoms with E-state index in [9.17, 15) is 0 Å². The van der Waals surface area contributed by atoms with E-state index in [1.165, 1.54) is 24.8 Å². The van der Waals surface area contributed by atoms with Crippen LogP contribution < -0.4 is 5.32 Å². The van der Waals surface area contributed by atoms with Crippen molar-refractivity contribution >= 4 is 11.6 Å². The summed E-state index contributed by atoms with van der Waals surface area (Å²) in [5.41, 5.74) is 1.22. The monoisotopic (exact) mass is 254 g/mol. The zero-order valence-electron chi connectivity index (χ0n) is 10.9. The highest BCUT2D eigenvalue weighted by atomic mass is 35.5. The van der Waals surface area contributed by atoms with Gasteiger partial charge in [-0.05, 0) is 49.9 Å². The van der Waals surface area contributed by atoms with Gasteiger partial charge in [-0.3, -0.25) is 4.98 Å². The van der Waals surface area contributed by atoms with Crippen LogP contribution in [0.15, 0.2) is 18.5 Å². The summed E-state index contributed by atoms with van der Waals surface area (Å²) in [6.07, 6.45) is 8.26. The van der Waals surface area contributed by atoms with Gasteiger partial charge in [0.05, 0.1) is 5.02 Å². The Morgan fingerprint density at radius 2 is 2.18 bits per heavy atom. The van der Waals surface area contributed by atoms with E-state index in [-0.39, 0.29) is 0 Å². The number of nitrogens with zero attached hydrogens (tertiary/aromatic N) is 1. The maximum absolute atomic E-state index is 6.15. The van der Waals surface area contributed by atoms with E-state index in [1.807, 2.05) is 12.3 Å². The maximum Gasteiger partial charge on any atom is 0.0621 e. The van der Waals surface area contributed by atoms with Crippen molar-refractivity contribution in [2.24, 2.45) is 5.92 Å². The van der Waals surface area contributed by atoms with Crippen molar-refractivity contribution in [1.29, 1.82) is 0 Å². The Balaban J connectivity index is 2.50. The molecule has 0 radical (unpaired) electrons. The fourth-order valence-electron chi connectivity index (χ4n) is 2.05. The van der Waals surface area contributed by atoms with Crippen LogP contribution >= 0.6 is 11.6 Å². The van der Waals surface area contributed by atoms with E-state index >= 15 is 0 Å². The van der Waals surface area contributed by atoms with Crippen LogP contribution in [0.25, 0.3) is 0 Å². The average Bonchev–Trinajstić information content (AvgIpc) is 2.32. The van der Waals surface area contributed by atoms with E-state index in [1.54, 1.807) is 6.20 Å². The lowest BCUT2D eigenvalue weighted by Gasteiger charge is -2.17. The van der Waals surface area contributed by atoms with Gasteiger partial charge in [0.15, 0.2) is 0 Å². The molecule has 96 valence electrons. The molecule has 0 saturated carbocycles. The minimum Gasteiger partial charge on any atom is -0.316 e. The van der Waals surface area contributed by atoms with Gasteiger partial charge in [0.1, 0.15) is 0 Å². The molecule has 0 fully saturated rings. The van der Waals surface area contributed by atoms with Crippen LogP contribution in [0.2, 0.25) is 5.02 Å². The molecule has 0 spiro atoms. The Kier molecular flexibility index (Phi) is 7.22. The average molecular weight is 255 g/mol. The SMILES string of the molecule is CCCNCC(CCC)Cc1ccncc1Cl. The normalized spacial score (nSPS) is 12.6. The predicted octanol–water partition coefficient (Wildman–Crippen LogP) is 3.69. The summed E-state index contributed by atoms with van der Waals surface area (Å²) in [6.45, 7) is 6.62. The van der Waals surface area contributed by atoms with Crippen molar-refractivity contribution in [3.8, 4) is 0 Å². The molecule has 1 atom stereocenters. The largest absolute Gasteiger partial charge is 0.316 e. The highest BCUT2D eigenvalue weighted by molar-refractivity contribution is 6.31. The molecule has 1 rings (SSSR count). The fourth-order valence-corrected chi connectivity index (χ4v) is 2.24. The Labute approximate surface area is 110 Å². The summed E-state index contributed by atoms with van der Waals surface area (Å²) in [5, 5.41) is 4.30. The lowest BCUT2D eigenvalue weighted by Crippen LogP contribution is -2.25. The molecule has 3 heteroatoms. The molecule has 1 aromatic rings. The molecule has 0 bridgehead atoms. The van der Waals surface area contributed by atoms with Crippen molar-refractivity contribution in [3.63, 3.8) is 0 Å². The first kappa shape index (κ1) is 14.5. The summed E-state index contributed by atoms with van der Waals surface area (Å²) >= 11 is 6.15. The van der Waals surface area contributed by atoms with Crippen LogP contribution in [0.3, 0.4) is 0 Å². The van der Waals surface area contributed by atoms with Gasteiger partial charge < -0.3 is 5.32 Å². The number of aromatic nitrogens is 1. The zero-order chi connectivity index (χ0) is 12.5. The molecule has 2 nitrogen and oxygen atoms in total. The summed E-state index contributed by atoms with van der Waals surface area (Å²) in [6, 6.07) is 2.03. The quantitative estimate of drug-likeness (QED) is 0.716. The van der Waals surface area contributed by atoms with Gasteiger partial charge in [0, 0.05) is 12.4 Å². The van der Waals surface area contributed by atoms with E-state index in [0.29, 0.717) is 5.92 Å². The minimum atomic E-state index is 0.673. The third kappa shape index (κ3) is 5.51. The lowest BCUT2D eigenvalue weighted by atomic mass is 9.95. The van der Waals surface area contributed by atoms with E-state index < -0.39 is 0 Å². The predicted molar refractivity (Wildman–Crippen MR) is 74.5 cm³/mol. The van der Waals surface area contributed by atoms with E-state index in [0.717, 1.165) is 24.5 Å². The third-order valence-electron chi connectivity index (χ3n) is 2.92. The number of nitrogens with one attached hydrogen (secondary N) is 1. The van der Waals surface area contributed by atoms with Gasteiger partial charge in [-0.1, -0.05) is 31.9 Å². The minimum absolute atomic E-state index is 0.673. The molecule has 0 amide bonds. The molecule has 0 aromatic carbocycles. The first-order valence-corrected chi connectivity index (χ1v) is 6.94. The van der Waals surface area contributed by atoms with Crippen molar-refractivity contribution in [3.05, 3.63) is 29.0 Å². The van der Waals surface area contributed by atoms with E-state index in [2.05, 4.69) is 24.1 Å². The first-order valence-electron chi connectivity index (χ1n) is 6.57. The fraction of sp³-hybridized carbons (Fsp3) is 0.643. The second kappa shape index (κ2) is 8.48. The van der Waals surface area contributed by atoms with Gasteiger partial charge in [-0.25, -0.2) is 0 Å². The molecule has 1 heterocycles. The van der Waals surface area contributed by atoms with Crippen LogP contribution in [0.4, 0.5) is 0 Å². The first-order chi connectivity index (χ1) is 8.27. The van der Waals surface area contributed by atoms with Gasteiger partial charge >= 0.3 is 0 Å². The Bertz CT molecular complexity index is 315. The molecular formula is C14H23ClN2. The Hall–Kier alpha value is -0.600. The van der Waals surface area contributed by atoms with Gasteiger partial charge in [-0.15, -0.1) is 0 Å². The number of hydrogen-bond donors (Lipinski definition) is 1.